The van der Waals surface area contributed by atoms with Crippen LogP contribution in [0, 0.1) is 0 Å². The highest BCUT2D eigenvalue weighted by Crippen LogP contribution is 2.25. The standard InChI is InChI=1S/C24H31N3O5S/c1-3-18(2)19-8-10-20(11-9-19)33(30,31)26-15-13-25(14-16-26)23(28)21-6-4-12-27(21)24(29)22-7-5-17-32-22/h5,7-11,17-18,21H,3-4,6,12-16H2,1-2H3/t18?,21-/m0/s1. The topological polar surface area (TPSA) is 91.1 Å². The molecular formula is C24H31N3O5S. The number of hydrogen-bond acceptors (Lipinski definition) is 5. The van der Waals surface area contributed by atoms with Crippen LogP contribution in [0.25, 0.3) is 0 Å². The number of rotatable bonds is 6. The lowest BCUT2D eigenvalue weighted by Gasteiger charge is -2.36. The zero-order chi connectivity index (χ0) is 23.6. The first-order valence-corrected chi connectivity index (χ1v) is 13.0. The minimum atomic E-state index is -3.61. The van der Waals surface area contributed by atoms with Crippen LogP contribution in [0.15, 0.2) is 52.0 Å². The van der Waals surface area contributed by atoms with Crippen molar-refractivity contribution in [1.29, 1.82) is 0 Å². The van der Waals surface area contributed by atoms with Crippen molar-refractivity contribution in [1.82, 2.24) is 14.1 Å². The smallest absolute Gasteiger partial charge is 0.290 e. The van der Waals surface area contributed by atoms with E-state index in [4.69, 9.17) is 4.42 Å². The largest absolute Gasteiger partial charge is 0.459 e. The Kier molecular flexibility index (Phi) is 6.90. The molecule has 4 rings (SSSR count). The number of carbonyl (C=O) groups excluding carboxylic acids is 2. The summed E-state index contributed by atoms with van der Waals surface area (Å²) in [6.45, 7) is 5.82. The maximum absolute atomic E-state index is 13.2. The molecular weight excluding hydrogens is 442 g/mol. The Hall–Kier alpha value is -2.65. The van der Waals surface area contributed by atoms with Crippen molar-refractivity contribution in [3.63, 3.8) is 0 Å². The molecule has 178 valence electrons. The summed E-state index contributed by atoms with van der Waals surface area (Å²) < 4.78 is 32.9. The summed E-state index contributed by atoms with van der Waals surface area (Å²) >= 11 is 0. The molecule has 0 N–H and O–H groups in total. The van der Waals surface area contributed by atoms with Gasteiger partial charge in [-0.1, -0.05) is 26.0 Å². The fourth-order valence-electron chi connectivity index (χ4n) is 4.52. The minimum absolute atomic E-state index is 0.123. The third-order valence-electron chi connectivity index (χ3n) is 6.78. The number of amides is 2. The molecule has 2 amide bonds. The molecule has 9 heteroatoms. The summed E-state index contributed by atoms with van der Waals surface area (Å²) in [4.78, 5) is 29.4. The van der Waals surface area contributed by atoms with Crippen LogP contribution < -0.4 is 0 Å². The van der Waals surface area contributed by atoms with Crippen LogP contribution in [-0.4, -0.2) is 73.1 Å². The molecule has 1 aromatic heterocycles. The number of piperazine rings is 1. The van der Waals surface area contributed by atoms with Crippen molar-refractivity contribution in [2.75, 3.05) is 32.7 Å². The van der Waals surface area contributed by atoms with Crippen LogP contribution in [0.1, 0.15) is 55.1 Å². The number of hydrogen-bond donors (Lipinski definition) is 0. The van der Waals surface area contributed by atoms with Gasteiger partial charge in [0.25, 0.3) is 5.91 Å². The number of benzene rings is 1. The Morgan fingerprint density at radius 1 is 1.06 bits per heavy atom. The zero-order valence-corrected chi connectivity index (χ0v) is 20.0. The quantitative estimate of drug-likeness (QED) is 0.643. The molecule has 2 atom stereocenters. The molecule has 2 saturated heterocycles. The van der Waals surface area contributed by atoms with E-state index in [1.54, 1.807) is 34.1 Å². The van der Waals surface area contributed by atoms with Gasteiger partial charge >= 0.3 is 0 Å². The molecule has 3 heterocycles. The second-order valence-corrected chi connectivity index (χ2v) is 10.7. The summed E-state index contributed by atoms with van der Waals surface area (Å²) in [6.07, 6.45) is 3.79. The number of furan rings is 1. The first kappa shape index (κ1) is 23.5. The van der Waals surface area contributed by atoms with Gasteiger partial charge in [-0.15, -0.1) is 0 Å². The van der Waals surface area contributed by atoms with Gasteiger partial charge in [-0.3, -0.25) is 9.59 Å². The molecule has 0 radical (unpaired) electrons. The summed E-state index contributed by atoms with van der Waals surface area (Å²) in [5.41, 5.74) is 1.12. The Morgan fingerprint density at radius 2 is 1.76 bits per heavy atom. The Labute approximate surface area is 195 Å². The fraction of sp³-hybridized carbons (Fsp3) is 0.500. The fourth-order valence-corrected chi connectivity index (χ4v) is 5.94. The van der Waals surface area contributed by atoms with Gasteiger partial charge in [0, 0.05) is 32.7 Å². The van der Waals surface area contributed by atoms with Crippen LogP contribution in [0.4, 0.5) is 0 Å². The highest BCUT2D eigenvalue weighted by atomic mass is 32.2. The van der Waals surface area contributed by atoms with Crippen LogP contribution >= 0.6 is 0 Å². The van der Waals surface area contributed by atoms with E-state index in [1.165, 1.54) is 10.6 Å². The minimum Gasteiger partial charge on any atom is -0.459 e. The van der Waals surface area contributed by atoms with Gasteiger partial charge < -0.3 is 14.2 Å². The molecule has 0 saturated carbocycles. The van der Waals surface area contributed by atoms with E-state index in [1.807, 2.05) is 12.1 Å². The van der Waals surface area contributed by atoms with E-state index in [0.29, 0.717) is 32.0 Å². The van der Waals surface area contributed by atoms with Crippen molar-refractivity contribution in [2.45, 2.75) is 50.0 Å². The van der Waals surface area contributed by atoms with Crippen LogP contribution in [0.2, 0.25) is 0 Å². The van der Waals surface area contributed by atoms with Gasteiger partial charge in [-0.2, -0.15) is 4.31 Å². The van der Waals surface area contributed by atoms with E-state index >= 15 is 0 Å². The molecule has 2 aliphatic rings. The Bertz CT molecular complexity index is 1070. The maximum atomic E-state index is 13.2. The molecule has 33 heavy (non-hydrogen) atoms. The average molecular weight is 474 g/mol. The average Bonchev–Trinajstić information content (AvgIpc) is 3.55. The van der Waals surface area contributed by atoms with Crippen molar-refractivity contribution >= 4 is 21.8 Å². The number of carbonyl (C=O) groups is 2. The molecule has 0 aliphatic carbocycles. The van der Waals surface area contributed by atoms with E-state index in [2.05, 4.69) is 13.8 Å². The van der Waals surface area contributed by atoms with Crippen LogP contribution in [0.3, 0.4) is 0 Å². The Morgan fingerprint density at radius 3 is 2.36 bits per heavy atom. The molecule has 8 nitrogen and oxygen atoms in total. The number of sulfonamides is 1. The summed E-state index contributed by atoms with van der Waals surface area (Å²) in [6, 6.07) is 9.82. The highest BCUT2D eigenvalue weighted by Gasteiger charge is 2.39. The van der Waals surface area contributed by atoms with Gasteiger partial charge in [-0.25, -0.2) is 8.42 Å². The van der Waals surface area contributed by atoms with E-state index in [0.717, 1.165) is 18.4 Å². The first-order valence-electron chi connectivity index (χ1n) is 11.6. The first-order chi connectivity index (χ1) is 15.8. The molecule has 0 spiro atoms. The lowest BCUT2D eigenvalue weighted by atomic mass is 9.99. The lowest BCUT2D eigenvalue weighted by Crippen LogP contribution is -2.55. The van der Waals surface area contributed by atoms with E-state index in [9.17, 15) is 18.0 Å². The highest BCUT2D eigenvalue weighted by molar-refractivity contribution is 7.89. The molecule has 1 aromatic carbocycles. The van der Waals surface area contributed by atoms with Crippen LogP contribution in [0.5, 0.6) is 0 Å². The van der Waals surface area contributed by atoms with Crippen molar-refractivity contribution in [3.05, 3.63) is 54.0 Å². The zero-order valence-electron chi connectivity index (χ0n) is 19.1. The van der Waals surface area contributed by atoms with Gasteiger partial charge in [-0.05, 0) is 55.0 Å². The van der Waals surface area contributed by atoms with Gasteiger partial charge in [0.15, 0.2) is 5.76 Å². The molecule has 2 fully saturated rings. The number of likely N-dealkylation sites (tertiary alicyclic amines) is 1. The van der Waals surface area contributed by atoms with Crippen molar-refractivity contribution in [2.24, 2.45) is 0 Å². The van der Waals surface area contributed by atoms with Gasteiger partial charge in [0.1, 0.15) is 6.04 Å². The third kappa shape index (κ3) is 4.70. The van der Waals surface area contributed by atoms with Crippen molar-refractivity contribution < 1.29 is 22.4 Å². The summed E-state index contributed by atoms with van der Waals surface area (Å²) in [7, 11) is -3.61. The van der Waals surface area contributed by atoms with Crippen molar-refractivity contribution in [3.8, 4) is 0 Å². The predicted molar refractivity (Wildman–Crippen MR) is 123 cm³/mol. The molecule has 2 aromatic rings. The number of nitrogens with zero attached hydrogens (tertiary/aromatic N) is 3. The summed E-state index contributed by atoms with van der Waals surface area (Å²) in [5.74, 6) is 0.205. The lowest BCUT2D eigenvalue weighted by molar-refractivity contribution is -0.136. The second kappa shape index (κ2) is 9.69. The monoisotopic (exact) mass is 473 g/mol. The predicted octanol–water partition coefficient (Wildman–Crippen LogP) is 2.93. The molecule has 0 bridgehead atoms. The van der Waals surface area contributed by atoms with Gasteiger partial charge in [0.2, 0.25) is 15.9 Å². The van der Waals surface area contributed by atoms with Gasteiger partial charge in [0.05, 0.1) is 11.2 Å². The molecule has 2 aliphatic heterocycles. The maximum Gasteiger partial charge on any atom is 0.290 e. The summed E-state index contributed by atoms with van der Waals surface area (Å²) in [5, 5.41) is 0. The SMILES string of the molecule is CCC(C)c1ccc(S(=O)(=O)N2CCN(C(=O)[C@@H]3CCCN3C(=O)c3ccco3)CC2)cc1. The Balaban J connectivity index is 1.39. The molecule has 1 unspecified atom stereocenters. The normalized spacial score (nSPS) is 20.7. The third-order valence-corrected chi connectivity index (χ3v) is 8.69. The van der Waals surface area contributed by atoms with Crippen LogP contribution in [-0.2, 0) is 14.8 Å². The second-order valence-electron chi connectivity index (χ2n) is 8.74. The van der Waals surface area contributed by atoms with E-state index in [-0.39, 0.29) is 35.6 Å². The van der Waals surface area contributed by atoms with E-state index < -0.39 is 16.1 Å².